The first-order valence-electron chi connectivity index (χ1n) is 7.19. The van der Waals surface area contributed by atoms with Crippen molar-refractivity contribution in [2.45, 2.75) is 13.3 Å². The number of rotatable bonds is 6. The Hall–Kier alpha value is -2.20. The summed E-state index contributed by atoms with van der Waals surface area (Å²) in [6, 6.07) is 15.3. The molecular formula is C17H19ClN2O2. The molecule has 116 valence electrons. The van der Waals surface area contributed by atoms with E-state index < -0.39 is 6.09 Å². The Morgan fingerprint density at radius 3 is 2.55 bits per heavy atom. The zero-order valence-corrected chi connectivity index (χ0v) is 13.2. The van der Waals surface area contributed by atoms with Gasteiger partial charge in [-0.1, -0.05) is 23.7 Å². The summed E-state index contributed by atoms with van der Waals surface area (Å²) in [5.74, 6) is 0. The molecule has 2 N–H and O–H groups in total. The van der Waals surface area contributed by atoms with Crippen molar-refractivity contribution >= 4 is 29.1 Å². The largest absolute Gasteiger partial charge is 0.450 e. The molecule has 0 spiro atoms. The molecule has 0 aliphatic rings. The van der Waals surface area contributed by atoms with Crippen molar-refractivity contribution in [3.8, 4) is 0 Å². The number of ether oxygens (including phenoxy) is 1. The fraction of sp³-hybridized carbons (Fsp3) is 0.235. The van der Waals surface area contributed by atoms with Crippen molar-refractivity contribution in [2.75, 3.05) is 23.8 Å². The summed E-state index contributed by atoms with van der Waals surface area (Å²) in [7, 11) is 0. The Morgan fingerprint density at radius 1 is 1.14 bits per heavy atom. The average molecular weight is 319 g/mol. The highest BCUT2D eigenvalue weighted by molar-refractivity contribution is 6.30. The van der Waals surface area contributed by atoms with Gasteiger partial charge in [0.15, 0.2) is 0 Å². The van der Waals surface area contributed by atoms with Gasteiger partial charge in [-0.05, 0) is 55.3 Å². The van der Waals surface area contributed by atoms with Gasteiger partial charge in [-0.25, -0.2) is 4.79 Å². The third kappa shape index (κ3) is 5.30. The van der Waals surface area contributed by atoms with Crippen LogP contribution in [0.4, 0.5) is 16.2 Å². The molecule has 1 amide bonds. The second-order valence-corrected chi connectivity index (χ2v) is 5.17. The van der Waals surface area contributed by atoms with E-state index in [2.05, 4.69) is 16.7 Å². The van der Waals surface area contributed by atoms with Crippen LogP contribution >= 0.6 is 11.6 Å². The summed E-state index contributed by atoms with van der Waals surface area (Å²) in [5.41, 5.74) is 2.90. The van der Waals surface area contributed by atoms with Gasteiger partial charge >= 0.3 is 6.09 Å². The van der Waals surface area contributed by atoms with Gasteiger partial charge in [0.1, 0.15) is 0 Å². The monoisotopic (exact) mass is 318 g/mol. The molecule has 0 bridgehead atoms. The molecule has 0 saturated carbocycles. The Bertz CT molecular complexity index is 614. The molecule has 5 heteroatoms. The van der Waals surface area contributed by atoms with Gasteiger partial charge in [0.2, 0.25) is 0 Å². The molecule has 0 heterocycles. The summed E-state index contributed by atoms with van der Waals surface area (Å²) in [4.78, 5) is 11.3. The normalized spacial score (nSPS) is 10.1. The molecule has 0 atom stereocenters. The van der Waals surface area contributed by atoms with Crippen molar-refractivity contribution in [3.63, 3.8) is 0 Å². The lowest BCUT2D eigenvalue weighted by Gasteiger charge is -2.09. The number of hydrogen-bond donors (Lipinski definition) is 2. The lowest BCUT2D eigenvalue weighted by Crippen LogP contribution is -2.13. The van der Waals surface area contributed by atoms with Gasteiger partial charge < -0.3 is 10.1 Å². The maximum Gasteiger partial charge on any atom is 0.411 e. The molecule has 2 aromatic carbocycles. The fourth-order valence-corrected chi connectivity index (χ4v) is 2.21. The lowest BCUT2D eigenvalue weighted by molar-refractivity contribution is 0.168. The minimum absolute atomic E-state index is 0.356. The number of halogens is 1. The van der Waals surface area contributed by atoms with Crippen molar-refractivity contribution in [1.29, 1.82) is 0 Å². The van der Waals surface area contributed by atoms with Crippen LogP contribution in [0.2, 0.25) is 5.02 Å². The topological polar surface area (TPSA) is 50.4 Å². The molecule has 2 rings (SSSR count). The molecule has 0 radical (unpaired) electrons. The first-order valence-corrected chi connectivity index (χ1v) is 7.57. The second kappa shape index (κ2) is 8.29. The van der Waals surface area contributed by atoms with Crippen molar-refractivity contribution in [3.05, 3.63) is 59.1 Å². The van der Waals surface area contributed by atoms with Crippen molar-refractivity contribution in [2.24, 2.45) is 0 Å². The molecule has 0 fully saturated rings. The number of carbonyl (C=O) groups excluding carboxylic acids is 1. The van der Waals surface area contributed by atoms with Crippen LogP contribution in [0.15, 0.2) is 48.5 Å². The minimum Gasteiger partial charge on any atom is -0.450 e. The predicted octanol–water partition coefficient (Wildman–Crippen LogP) is 4.56. The van der Waals surface area contributed by atoms with Crippen LogP contribution in [0.25, 0.3) is 0 Å². The standard InChI is InChI=1S/C17H19ClN2O2/c1-2-22-17(21)20-16-8-6-15(7-9-16)19-11-10-13-4-3-5-14(18)12-13/h3-9,12,19H,2,10-11H2,1H3,(H,20,21). The van der Waals surface area contributed by atoms with E-state index in [1.807, 2.05) is 42.5 Å². The number of benzene rings is 2. The molecule has 0 unspecified atom stereocenters. The first-order chi connectivity index (χ1) is 10.7. The highest BCUT2D eigenvalue weighted by atomic mass is 35.5. The summed E-state index contributed by atoms with van der Waals surface area (Å²) in [6.07, 6.45) is 0.452. The third-order valence-corrected chi connectivity index (χ3v) is 3.27. The molecule has 0 saturated heterocycles. The van der Waals surface area contributed by atoms with Crippen LogP contribution in [-0.2, 0) is 11.2 Å². The zero-order valence-electron chi connectivity index (χ0n) is 12.4. The van der Waals surface area contributed by atoms with Gasteiger partial charge in [-0.2, -0.15) is 0 Å². The first kappa shape index (κ1) is 16.2. The van der Waals surface area contributed by atoms with Crippen LogP contribution in [0.5, 0.6) is 0 Å². The molecule has 0 aliphatic heterocycles. The van der Waals surface area contributed by atoms with E-state index >= 15 is 0 Å². The van der Waals surface area contributed by atoms with E-state index in [1.54, 1.807) is 6.92 Å². The zero-order chi connectivity index (χ0) is 15.8. The predicted molar refractivity (Wildman–Crippen MR) is 90.7 cm³/mol. The number of anilines is 2. The molecule has 4 nitrogen and oxygen atoms in total. The van der Waals surface area contributed by atoms with Gasteiger partial charge in [0.05, 0.1) is 6.61 Å². The number of nitrogens with one attached hydrogen (secondary N) is 2. The summed E-state index contributed by atoms with van der Waals surface area (Å²) >= 11 is 5.96. The Kier molecular flexibility index (Phi) is 6.10. The number of carbonyl (C=O) groups is 1. The molecule has 22 heavy (non-hydrogen) atoms. The van der Waals surface area contributed by atoms with E-state index in [-0.39, 0.29) is 0 Å². The second-order valence-electron chi connectivity index (χ2n) is 4.73. The summed E-state index contributed by atoms with van der Waals surface area (Å²) in [5, 5.41) is 6.74. The van der Waals surface area contributed by atoms with Crippen LogP contribution < -0.4 is 10.6 Å². The maximum atomic E-state index is 11.3. The highest BCUT2D eigenvalue weighted by Gasteiger charge is 2.01. The van der Waals surface area contributed by atoms with Crippen LogP contribution in [-0.4, -0.2) is 19.2 Å². The van der Waals surface area contributed by atoms with Gasteiger partial charge in [-0.15, -0.1) is 0 Å². The van der Waals surface area contributed by atoms with E-state index in [0.717, 1.165) is 23.7 Å². The van der Waals surface area contributed by atoms with E-state index in [9.17, 15) is 4.79 Å². The van der Waals surface area contributed by atoms with Gasteiger partial charge in [0.25, 0.3) is 0 Å². The van der Waals surface area contributed by atoms with Gasteiger partial charge in [-0.3, -0.25) is 5.32 Å². The quantitative estimate of drug-likeness (QED) is 0.820. The van der Waals surface area contributed by atoms with Crippen molar-refractivity contribution in [1.82, 2.24) is 0 Å². The highest BCUT2D eigenvalue weighted by Crippen LogP contribution is 2.15. The van der Waals surface area contributed by atoms with Gasteiger partial charge in [0, 0.05) is 22.9 Å². The van der Waals surface area contributed by atoms with Crippen LogP contribution in [0, 0.1) is 0 Å². The van der Waals surface area contributed by atoms with Crippen LogP contribution in [0.3, 0.4) is 0 Å². The Balaban J connectivity index is 1.80. The summed E-state index contributed by atoms with van der Waals surface area (Å²) in [6.45, 7) is 2.94. The van der Waals surface area contributed by atoms with Crippen LogP contribution in [0.1, 0.15) is 12.5 Å². The fourth-order valence-electron chi connectivity index (χ4n) is 2.00. The minimum atomic E-state index is -0.441. The number of hydrogen-bond acceptors (Lipinski definition) is 3. The molecule has 0 aromatic heterocycles. The lowest BCUT2D eigenvalue weighted by atomic mass is 10.1. The maximum absolute atomic E-state index is 11.3. The van der Waals surface area contributed by atoms with E-state index in [0.29, 0.717) is 12.3 Å². The average Bonchev–Trinajstić information content (AvgIpc) is 2.49. The molecular weight excluding hydrogens is 300 g/mol. The third-order valence-electron chi connectivity index (χ3n) is 3.04. The number of amides is 1. The SMILES string of the molecule is CCOC(=O)Nc1ccc(NCCc2cccc(Cl)c2)cc1. The van der Waals surface area contributed by atoms with Crippen molar-refractivity contribution < 1.29 is 9.53 Å². The Morgan fingerprint density at radius 2 is 1.86 bits per heavy atom. The Labute approximate surface area is 135 Å². The summed E-state index contributed by atoms with van der Waals surface area (Å²) < 4.78 is 4.82. The van der Waals surface area contributed by atoms with E-state index in [4.69, 9.17) is 16.3 Å². The van der Waals surface area contributed by atoms with E-state index in [1.165, 1.54) is 5.56 Å². The molecule has 0 aliphatic carbocycles. The smallest absolute Gasteiger partial charge is 0.411 e. The molecule has 2 aromatic rings.